The van der Waals surface area contributed by atoms with Gasteiger partial charge in [-0.25, -0.2) is 0 Å². The van der Waals surface area contributed by atoms with E-state index in [1.165, 1.54) is 6.42 Å². The minimum Gasteiger partial charge on any atom is -0.348 e. The van der Waals surface area contributed by atoms with E-state index in [0.717, 1.165) is 25.7 Å². The number of aromatic nitrogens is 2. The molecule has 5 heteroatoms. The third kappa shape index (κ3) is 2.53. The molecule has 0 radical (unpaired) electrons. The first kappa shape index (κ1) is 8.83. The Morgan fingerprint density at radius 1 is 1.35 bits per heavy atom. The number of hydrogen-bond donors (Lipinski definition) is 1. The SMILES string of the molecule is [2H]c1c([2H])c([2H])c2c(c(C(=O)NC3C[C@H]4CCC[C@H](C3)N4C)nn2C([2H])([2H])[2H])c1[2H]. The van der Waals surface area contributed by atoms with Gasteiger partial charge in [0.2, 0.25) is 0 Å². The van der Waals surface area contributed by atoms with Crippen LogP contribution >= 0.6 is 0 Å². The second-order valence-corrected chi connectivity index (χ2v) is 6.53. The summed E-state index contributed by atoms with van der Waals surface area (Å²) in [6.45, 7) is -2.79. The van der Waals surface area contributed by atoms with E-state index in [2.05, 4.69) is 22.4 Å². The van der Waals surface area contributed by atoms with Crippen LogP contribution in [0.25, 0.3) is 10.9 Å². The summed E-state index contributed by atoms with van der Waals surface area (Å²) in [6, 6.07) is -1.40. The number of aryl methyl sites for hydroxylation is 1. The minimum absolute atomic E-state index is 0.0902. The molecule has 0 saturated carbocycles. The Hall–Kier alpha value is -1.88. The van der Waals surface area contributed by atoms with E-state index in [1.807, 2.05) is 0 Å². The van der Waals surface area contributed by atoms with Gasteiger partial charge in [-0.1, -0.05) is 24.5 Å². The van der Waals surface area contributed by atoms with Gasteiger partial charge in [0, 0.05) is 34.6 Å². The zero-order valence-corrected chi connectivity index (χ0v) is 13.0. The fraction of sp³-hybridized carbons (Fsp3) is 0.556. The van der Waals surface area contributed by atoms with Crippen molar-refractivity contribution < 1.29 is 14.4 Å². The zero-order valence-electron chi connectivity index (χ0n) is 20.0. The summed E-state index contributed by atoms with van der Waals surface area (Å²) in [4.78, 5) is 15.5. The van der Waals surface area contributed by atoms with Gasteiger partial charge in [0.05, 0.1) is 11.0 Å². The van der Waals surface area contributed by atoms with Crippen molar-refractivity contribution >= 4 is 16.8 Å². The summed E-state index contributed by atoms with van der Waals surface area (Å²) in [5.41, 5.74) is -0.566. The van der Waals surface area contributed by atoms with Crippen molar-refractivity contribution in [3.63, 3.8) is 0 Å². The van der Waals surface area contributed by atoms with Crippen LogP contribution in [0.15, 0.2) is 24.2 Å². The smallest absolute Gasteiger partial charge is 0.272 e. The van der Waals surface area contributed by atoms with E-state index >= 15 is 0 Å². The number of rotatable bonds is 2. The molecule has 0 unspecified atom stereocenters. The van der Waals surface area contributed by atoms with Crippen molar-refractivity contribution in [2.45, 2.75) is 50.2 Å². The molecule has 1 aromatic heterocycles. The molecular weight excluding hydrogens is 288 g/mol. The number of carbonyl (C=O) groups excluding carboxylic acids is 1. The number of nitrogens with zero attached hydrogens (tertiary/aromatic N) is 3. The molecule has 1 amide bonds. The van der Waals surface area contributed by atoms with E-state index in [1.54, 1.807) is 0 Å². The van der Waals surface area contributed by atoms with Crippen LogP contribution in [0.5, 0.6) is 0 Å². The Morgan fingerprint density at radius 3 is 2.83 bits per heavy atom. The monoisotopic (exact) mass is 319 g/mol. The summed E-state index contributed by atoms with van der Waals surface area (Å²) in [6.07, 6.45) is 4.89. The highest BCUT2D eigenvalue weighted by molar-refractivity contribution is 6.04. The summed E-state index contributed by atoms with van der Waals surface area (Å²) < 4.78 is 55.8. The fourth-order valence-corrected chi connectivity index (χ4v) is 3.98. The van der Waals surface area contributed by atoms with Crippen LogP contribution in [0.4, 0.5) is 0 Å². The number of benzene rings is 1. The van der Waals surface area contributed by atoms with Gasteiger partial charge in [-0.05, 0) is 38.8 Å². The molecule has 2 aromatic rings. The van der Waals surface area contributed by atoms with Gasteiger partial charge >= 0.3 is 0 Å². The van der Waals surface area contributed by atoms with Gasteiger partial charge < -0.3 is 10.2 Å². The molecule has 3 heterocycles. The lowest BCUT2D eigenvalue weighted by Crippen LogP contribution is -2.55. The van der Waals surface area contributed by atoms with Crippen LogP contribution in [0.2, 0.25) is 0 Å². The lowest BCUT2D eigenvalue weighted by Gasteiger charge is -2.47. The van der Waals surface area contributed by atoms with Crippen molar-refractivity contribution in [1.82, 2.24) is 20.0 Å². The van der Waals surface area contributed by atoms with Crippen LogP contribution in [0, 0.1) is 0 Å². The van der Waals surface area contributed by atoms with E-state index in [4.69, 9.17) is 9.60 Å². The first-order chi connectivity index (χ1) is 14.0. The maximum Gasteiger partial charge on any atom is 0.272 e. The van der Waals surface area contributed by atoms with Crippen LogP contribution in [0.3, 0.4) is 0 Å². The third-order valence-electron chi connectivity index (χ3n) is 5.21. The summed E-state index contributed by atoms with van der Waals surface area (Å²) in [7, 11) is 2.11. The number of para-hydroxylation sites is 1. The maximum absolute atomic E-state index is 13.1. The molecule has 4 rings (SSSR count). The molecule has 0 aliphatic carbocycles. The van der Waals surface area contributed by atoms with Crippen molar-refractivity contribution in [2.75, 3.05) is 7.05 Å². The van der Waals surface area contributed by atoms with Crippen LogP contribution in [-0.2, 0) is 6.98 Å². The predicted molar refractivity (Wildman–Crippen MR) is 90.4 cm³/mol. The Bertz CT molecular complexity index is 1000. The molecule has 23 heavy (non-hydrogen) atoms. The van der Waals surface area contributed by atoms with Gasteiger partial charge in [0.25, 0.3) is 5.91 Å². The zero-order chi connectivity index (χ0) is 22.0. The minimum atomic E-state index is -2.79. The van der Waals surface area contributed by atoms with E-state index in [0.29, 0.717) is 16.8 Å². The molecule has 2 bridgehead atoms. The molecule has 1 N–H and O–H groups in total. The van der Waals surface area contributed by atoms with Crippen LogP contribution in [0.1, 0.15) is 52.2 Å². The average Bonchev–Trinajstić information content (AvgIpc) is 3.07. The molecule has 122 valence electrons. The first-order valence-electron chi connectivity index (χ1n) is 11.5. The number of amides is 1. The van der Waals surface area contributed by atoms with Crippen LogP contribution < -0.4 is 5.32 Å². The molecule has 2 aliphatic heterocycles. The van der Waals surface area contributed by atoms with Crippen molar-refractivity contribution in [3.8, 4) is 0 Å². The van der Waals surface area contributed by atoms with Crippen molar-refractivity contribution in [1.29, 1.82) is 0 Å². The van der Waals surface area contributed by atoms with Gasteiger partial charge in [0.1, 0.15) is 0 Å². The van der Waals surface area contributed by atoms with Crippen molar-refractivity contribution in [3.05, 3.63) is 29.9 Å². The first-order valence-corrected chi connectivity index (χ1v) is 8.03. The summed E-state index contributed by atoms with van der Waals surface area (Å²) in [5, 5.41) is 6.72. The van der Waals surface area contributed by atoms with Gasteiger partial charge in [-0.2, -0.15) is 5.10 Å². The molecule has 0 spiro atoms. The largest absolute Gasteiger partial charge is 0.348 e. The van der Waals surface area contributed by atoms with Gasteiger partial charge in [-0.15, -0.1) is 0 Å². The lowest BCUT2D eigenvalue weighted by molar-refractivity contribution is 0.0462. The Balaban J connectivity index is 1.74. The molecule has 2 aliphatic rings. The summed E-state index contributed by atoms with van der Waals surface area (Å²) in [5.74, 6) is -0.611. The number of carbonyl (C=O) groups is 1. The quantitative estimate of drug-likeness (QED) is 0.924. The number of nitrogens with one attached hydrogen (secondary N) is 1. The topological polar surface area (TPSA) is 50.2 Å². The third-order valence-corrected chi connectivity index (χ3v) is 5.21. The molecular formula is C18H24N4O. The molecule has 1 aromatic carbocycles. The number of fused-ring (bicyclic) bond motifs is 3. The van der Waals surface area contributed by atoms with Crippen molar-refractivity contribution in [2.24, 2.45) is 6.98 Å². The molecule has 2 fully saturated rings. The average molecular weight is 319 g/mol. The highest BCUT2D eigenvalue weighted by Gasteiger charge is 2.36. The number of hydrogen-bond acceptors (Lipinski definition) is 3. The van der Waals surface area contributed by atoms with E-state index in [9.17, 15) is 4.79 Å². The Morgan fingerprint density at radius 2 is 2.09 bits per heavy atom. The highest BCUT2D eigenvalue weighted by Crippen LogP contribution is 2.32. The fourth-order valence-electron chi connectivity index (χ4n) is 3.98. The molecule has 2 atom stereocenters. The van der Waals surface area contributed by atoms with Gasteiger partial charge in [-0.3, -0.25) is 9.48 Å². The van der Waals surface area contributed by atoms with E-state index in [-0.39, 0.29) is 22.6 Å². The normalized spacial score (nSPS) is 32.9. The number of piperidine rings is 2. The molecule has 5 nitrogen and oxygen atoms in total. The lowest BCUT2D eigenvalue weighted by atomic mass is 9.82. The second-order valence-electron chi connectivity index (χ2n) is 6.53. The van der Waals surface area contributed by atoms with Gasteiger partial charge in [0.15, 0.2) is 5.69 Å². The summed E-state index contributed by atoms with van der Waals surface area (Å²) >= 11 is 0. The van der Waals surface area contributed by atoms with Crippen LogP contribution in [-0.4, -0.2) is 45.8 Å². The standard InChI is InChI=1S/C18H24N4O/c1-21-13-6-5-7-14(21)11-12(10-13)19-18(23)17-15-8-3-4-9-16(15)22(2)20-17/h3-4,8-9,12-14H,5-7,10-11H2,1-2H3,(H,19,23)/t13-,14-/m1/s1/i2D3,3D,4D,8D,9D. The highest BCUT2D eigenvalue weighted by atomic mass is 16.2. The Labute approximate surface area is 146 Å². The Kier molecular flexibility index (Phi) is 2.16. The second kappa shape index (κ2) is 5.64. The predicted octanol–water partition coefficient (Wildman–Crippen LogP) is 2.32. The molecule has 2 saturated heterocycles. The van der Waals surface area contributed by atoms with E-state index < -0.39 is 37.1 Å². The maximum atomic E-state index is 13.1.